The summed E-state index contributed by atoms with van der Waals surface area (Å²) in [5.74, 6) is 2.76. The summed E-state index contributed by atoms with van der Waals surface area (Å²) in [6.45, 7) is 0. The normalized spacial score (nSPS) is 10.4. The van der Waals surface area contributed by atoms with E-state index in [4.69, 9.17) is 0 Å². The molecule has 0 radical (unpaired) electrons. The Bertz CT molecular complexity index is 2410. The Balaban J connectivity index is 0.000000230. The third kappa shape index (κ3) is 22.4. The summed E-state index contributed by atoms with van der Waals surface area (Å²) < 4.78 is 77.1. The fourth-order valence-corrected chi connectivity index (χ4v) is 10.4. The van der Waals surface area contributed by atoms with Crippen molar-refractivity contribution in [3.8, 4) is 0 Å². The van der Waals surface area contributed by atoms with Gasteiger partial charge in [0.15, 0.2) is 0 Å². The Labute approximate surface area is 486 Å². The van der Waals surface area contributed by atoms with Crippen molar-refractivity contribution in [2.75, 3.05) is 0 Å². The van der Waals surface area contributed by atoms with Crippen molar-refractivity contribution in [2.24, 2.45) is 0 Å². The molecule has 384 valence electrons. The molecule has 0 N–H and O–H groups in total. The summed E-state index contributed by atoms with van der Waals surface area (Å²) in [5.41, 5.74) is 5.38. The van der Waals surface area contributed by atoms with Crippen LogP contribution in [0.25, 0.3) is 0 Å². The summed E-state index contributed by atoms with van der Waals surface area (Å²) in [6, 6.07) is 44.3. The SMILES string of the molecule is Fc1ccc(SCc2cc(CSc3ccc(F)cc3)[n-]n2)cc1.Fc1ccc(SCc2cc(CSc3ccc(F)cc3)[n-]n2)cc1.Fc1ccc(SCc2cc(CSc3ccc(F)cc3)[n-]n2)cc1.[Ag+].[Ag+].[Ag+]. The van der Waals surface area contributed by atoms with E-state index < -0.39 is 0 Å². The summed E-state index contributed by atoms with van der Waals surface area (Å²) in [4.78, 5) is 5.98. The van der Waals surface area contributed by atoms with Gasteiger partial charge in [0, 0.05) is 81.0 Å². The molecule has 0 amide bonds. The topological polar surface area (TPSA) is 81.0 Å². The van der Waals surface area contributed by atoms with Crippen molar-refractivity contribution in [1.29, 1.82) is 0 Å². The Kier molecular flexibility index (Phi) is 28.1. The fourth-order valence-electron chi connectivity index (χ4n) is 5.69. The molecule has 21 heteroatoms. The standard InChI is InChI=1S/3C17H13F2N2S2.3Ag/c3*18-12-1-5-16(6-2-12)22-10-14-9-15(21-20-14)11-23-17-7-3-13(19)4-8-17;;;/h3*1-9H,10-11H2;;;/q3*-1;3*+1. The Morgan fingerprint density at radius 2 is 0.431 bits per heavy atom. The van der Waals surface area contributed by atoms with Crippen molar-refractivity contribution < 1.29 is 93.5 Å². The Morgan fingerprint density at radius 1 is 0.264 bits per heavy atom. The summed E-state index contributed by atoms with van der Waals surface area (Å²) >= 11 is 9.56. The second kappa shape index (κ2) is 33.0. The first kappa shape index (κ1) is 61.4. The minimum atomic E-state index is -0.234. The second-order valence-corrected chi connectivity index (χ2v) is 20.7. The number of halogens is 6. The molecule has 0 saturated carbocycles. The van der Waals surface area contributed by atoms with Crippen molar-refractivity contribution in [2.45, 2.75) is 63.9 Å². The van der Waals surface area contributed by atoms with Gasteiger partial charge in [0.05, 0.1) is 0 Å². The van der Waals surface area contributed by atoms with Gasteiger partial charge in [0.1, 0.15) is 34.9 Å². The molecule has 0 spiro atoms. The number of benzene rings is 6. The summed E-state index contributed by atoms with van der Waals surface area (Å²) in [7, 11) is 0. The van der Waals surface area contributed by atoms with Crippen LogP contribution in [0.5, 0.6) is 0 Å². The van der Waals surface area contributed by atoms with E-state index in [1.165, 1.54) is 72.8 Å². The zero-order valence-corrected chi connectivity index (χ0v) is 46.5. The molecule has 0 fully saturated rings. The van der Waals surface area contributed by atoms with Gasteiger partial charge in [-0.05, 0) is 146 Å². The predicted octanol–water partition coefficient (Wildman–Crippen LogP) is 14.7. The Morgan fingerprint density at radius 3 is 0.611 bits per heavy atom. The number of thioether (sulfide) groups is 6. The van der Waals surface area contributed by atoms with Crippen molar-refractivity contribution in [3.05, 3.63) is 233 Å². The minimum Gasteiger partial charge on any atom is -0.578 e. The number of aromatic nitrogens is 6. The van der Waals surface area contributed by atoms with E-state index in [2.05, 4.69) is 30.6 Å². The van der Waals surface area contributed by atoms with Gasteiger partial charge in [0.25, 0.3) is 0 Å². The monoisotopic (exact) mass is 1360 g/mol. The van der Waals surface area contributed by atoms with Crippen LogP contribution in [-0.4, -0.2) is 15.3 Å². The van der Waals surface area contributed by atoms with Gasteiger partial charge in [0.2, 0.25) is 0 Å². The fraction of sp³-hybridized carbons (Fsp3) is 0.118. The van der Waals surface area contributed by atoms with E-state index in [9.17, 15) is 26.3 Å². The quantitative estimate of drug-likeness (QED) is 0.0466. The van der Waals surface area contributed by atoms with Gasteiger partial charge < -0.3 is 30.6 Å². The average molecular weight is 1370 g/mol. The van der Waals surface area contributed by atoms with E-state index in [1.807, 2.05) is 18.2 Å². The van der Waals surface area contributed by atoms with Crippen LogP contribution in [-0.2, 0) is 102 Å². The van der Waals surface area contributed by atoms with Crippen LogP contribution in [0.2, 0.25) is 0 Å². The zero-order chi connectivity index (χ0) is 48.2. The first-order valence-electron chi connectivity index (χ1n) is 20.8. The maximum atomic E-state index is 12.8. The van der Waals surface area contributed by atoms with Gasteiger partial charge in [-0.1, -0.05) is 18.2 Å². The van der Waals surface area contributed by atoms with E-state index in [-0.39, 0.29) is 102 Å². The molecule has 0 unspecified atom stereocenters. The van der Waals surface area contributed by atoms with Crippen LogP contribution in [0.3, 0.4) is 0 Å². The molecule has 6 aromatic carbocycles. The largest absolute Gasteiger partial charge is 1.00 e. The van der Waals surface area contributed by atoms with Crippen LogP contribution < -0.4 is 15.3 Å². The molecular formula is C51H39Ag3F6N6S6. The third-order valence-electron chi connectivity index (χ3n) is 9.12. The average Bonchev–Trinajstić information content (AvgIpc) is 4.15. The molecule has 0 aliphatic rings. The predicted molar refractivity (Wildman–Crippen MR) is 268 cm³/mol. The van der Waals surface area contributed by atoms with Gasteiger partial charge in [-0.25, -0.2) is 26.3 Å². The third-order valence-corrected chi connectivity index (χ3v) is 15.4. The molecule has 3 aromatic heterocycles. The van der Waals surface area contributed by atoms with E-state index in [0.717, 1.165) is 63.5 Å². The molecule has 0 saturated heterocycles. The maximum absolute atomic E-state index is 12.8. The van der Waals surface area contributed by atoms with E-state index in [0.29, 0.717) is 34.5 Å². The molecule has 0 atom stereocenters. The zero-order valence-electron chi connectivity index (χ0n) is 37.1. The van der Waals surface area contributed by atoms with Crippen LogP contribution >= 0.6 is 70.6 Å². The second-order valence-electron chi connectivity index (χ2n) is 14.4. The molecule has 0 bridgehead atoms. The van der Waals surface area contributed by atoms with E-state index in [1.54, 1.807) is 143 Å². The first-order valence-corrected chi connectivity index (χ1v) is 26.7. The van der Waals surface area contributed by atoms with Crippen LogP contribution in [0.15, 0.2) is 193 Å². The Hall–Kier alpha value is -3.15. The van der Waals surface area contributed by atoms with E-state index >= 15 is 0 Å². The molecule has 9 aromatic rings. The van der Waals surface area contributed by atoms with Crippen molar-refractivity contribution in [3.63, 3.8) is 0 Å². The number of hydrogen-bond acceptors (Lipinski definition) is 9. The maximum Gasteiger partial charge on any atom is 1.00 e. The van der Waals surface area contributed by atoms with Gasteiger partial charge in [-0.15, -0.1) is 87.7 Å². The van der Waals surface area contributed by atoms with Crippen molar-refractivity contribution in [1.82, 2.24) is 30.6 Å². The smallest absolute Gasteiger partial charge is 0.578 e. The van der Waals surface area contributed by atoms with Crippen molar-refractivity contribution >= 4 is 70.6 Å². The molecule has 3 heterocycles. The molecule has 0 aliphatic carbocycles. The summed E-state index contributed by atoms with van der Waals surface area (Å²) in [5, 5.41) is 24.9. The molecule has 9 rings (SSSR count). The van der Waals surface area contributed by atoms with Gasteiger partial charge in [-0.3, -0.25) is 0 Å². The number of nitrogens with zero attached hydrogens (tertiary/aromatic N) is 6. The number of hydrogen-bond donors (Lipinski definition) is 0. The molecule has 0 aliphatic heterocycles. The van der Waals surface area contributed by atoms with Gasteiger partial charge in [-0.2, -0.15) is 0 Å². The molecule has 6 nitrogen and oxygen atoms in total. The first-order chi connectivity index (χ1) is 33.6. The van der Waals surface area contributed by atoms with Gasteiger partial charge >= 0.3 is 67.1 Å². The molecule has 72 heavy (non-hydrogen) atoms. The van der Waals surface area contributed by atoms with Crippen LogP contribution in [0.4, 0.5) is 26.3 Å². The molecular weight excluding hydrogens is 1330 g/mol. The van der Waals surface area contributed by atoms with Crippen LogP contribution in [0.1, 0.15) is 34.2 Å². The minimum absolute atomic E-state index is 0. The summed E-state index contributed by atoms with van der Waals surface area (Å²) in [6.07, 6.45) is 0. The van der Waals surface area contributed by atoms with Crippen LogP contribution in [0, 0.1) is 34.9 Å². The number of rotatable bonds is 18.